The number of hydrogen-bond acceptors (Lipinski definition) is 7. The van der Waals surface area contributed by atoms with Crippen molar-refractivity contribution in [2.45, 2.75) is 18.5 Å². The number of anilines is 1. The number of hydrogen-bond donors (Lipinski definition) is 3. The van der Waals surface area contributed by atoms with E-state index in [1.54, 1.807) is 30.3 Å². The number of rotatable bonds is 8. The molecule has 0 unspecified atom stereocenters. The normalized spacial score (nSPS) is 16.1. The number of amides is 4. The van der Waals surface area contributed by atoms with Gasteiger partial charge in [-0.2, -0.15) is 0 Å². The van der Waals surface area contributed by atoms with Crippen LogP contribution in [-0.4, -0.2) is 52.0 Å². The number of imide groups is 1. The van der Waals surface area contributed by atoms with Crippen LogP contribution in [0.2, 0.25) is 0 Å². The number of benzene rings is 2. The zero-order valence-electron chi connectivity index (χ0n) is 18.2. The summed E-state index contributed by atoms with van der Waals surface area (Å²) in [6, 6.07) is 9.32. The number of aromatic carboxylic acids is 1. The highest BCUT2D eigenvalue weighted by Crippen LogP contribution is 2.29. The Kier molecular flexibility index (Phi) is 6.73. The van der Waals surface area contributed by atoms with E-state index in [-0.39, 0.29) is 28.6 Å². The fourth-order valence-electron chi connectivity index (χ4n) is 3.63. The Morgan fingerprint density at radius 3 is 2.63 bits per heavy atom. The second kappa shape index (κ2) is 9.89. The number of aromatic nitrogens is 1. The van der Waals surface area contributed by atoms with Crippen LogP contribution < -0.4 is 15.4 Å². The van der Waals surface area contributed by atoms with Crippen molar-refractivity contribution in [2.75, 3.05) is 12.4 Å². The average Bonchev–Trinajstić information content (AvgIpc) is 3.42. The third-order valence-corrected chi connectivity index (χ3v) is 6.08. The molecule has 1 fully saturated rings. The Labute approximate surface area is 202 Å². The van der Waals surface area contributed by atoms with Crippen LogP contribution in [0.3, 0.4) is 0 Å². The number of nitrogens with zero attached hydrogens (tertiary/aromatic N) is 2. The topological polar surface area (TPSA) is 138 Å². The van der Waals surface area contributed by atoms with Gasteiger partial charge in [-0.3, -0.25) is 9.59 Å². The minimum atomic E-state index is -1.28. The van der Waals surface area contributed by atoms with E-state index >= 15 is 0 Å². The molecule has 2 heterocycles. The number of carboxylic acid groups (broad SMARTS) is 1. The summed E-state index contributed by atoms with van der Waals surface area (Å²) >= 11 is 0.895. The number of carboxylic acids is 1. The molecular weight excluding hydrogens is 479 g/mol. The molecule has 1 aliphatic rings. The minimum Gasteiger partial charge on any atom is -0.494 e. The lowest BCUT2D eigenvalue weighted by atomic mass is 10.0. The minimum absolute atomic E-state index is 0.00583. The van der Waals surface area contributed by atoms with E-state index in [1.807, 2.05) is 0 Å². The number of urea groups is 1. The second-order valence-electron chi connectivity index (χ2n) is 7.52. The quantitative estimate of drug-likeness (QED) is 0.406. The van der Waals surface area contributed by atoms with Crippen molar-refractivity contribution in [1.29, 1.82) is 0 Å². The summed E-state index contributed by atoms with van der Waals surface area (Å²) in [5, 5.41) is 15.3. The Bertz CT molecular complexity index is 1300. The predicted octanol–water partition coefficient (Wildman–Crippen LogP) is 2.83. The van der Waals surface area contributed by atoms with E-state index < -0.39 is 41.7 Å². The summed E-state index contributed by atoms with van der Waals surface area (Å²) in [4.78, 5) is 55.1. The largest absolute Gasteiger partial charge is 0.494 e. The van der Waals surface area contributed by atoms with E-state index in [0.29, 0.717) is 5.56 Å². The molecule has 12 heteroatoms. The van der Waals surface area contributed by atoms with Gasteiger partial charge < -0.3 is 20.5 Å². The Morgan fingerprint density at radius 2 is 2.00 bits per heavy atom. The van der Waals surface area contributed by atoms with Crippen molar-refractivity contribution in [3.05, 3.63) is 76.5 Å². The molecule has 2 aromatic carbocycles. The van der Waals surface area contributed by atoms with Crippen molar-refractivity contribution in [2.24, 2.45) is 0 Å². The van der Waals surface area contributed by atoms with Gasteiger partial charge in [0.25, 0.3) is 5.91 Å². The van der Waals surface area contributed by atoms with Gasteiger partial charge in [-0.1, -0.05) is 36.4 Å². The van der Waals surface area contributed by atoms with Gasteiger partial charge in [-0.15, -0.1) is 11.3 Å². The summed E-state index contributed by atoms with van der Waals surface area (Å²) in [5.74, 6) is -3.45. The van der Waals surface area contributed by atoms with E-state index in [4.69, 9.17) is 9.84 Å². The highest BCUT2D eigenvalue weighted by atomic mass is 32.1. The van der Waals surface area contributed by atoms with Gasteiger partial charge in [0.1, 0.15) is 12.1 Å². The van der Waals surface area contributed by atoms with Gasteiger partial charge in [0.2, 0.25) is 5.91 Å². The Morgan fingerprint density at radius 1 is 1.26 bits per heavy atom. The molecule has 0 radical (unpaired) electrons. The molecule has 0 bridgehead atoms. The lowest BCUT2D eigenvalue weighted by Crippen LogP contribution is -2.49. The predicted molar refractivity (Wildman–Crippen MR) is 123 cm³/mol. The zero-order chi connectivity index (χ0) is 25.1. The zero-order valence-corrected chi connectivity index (χ0v) is 19.0. The van der Waals surface area contributed by atoms with Crippen molar-refractivity contribution < 1.29 is 33.4 Å². The first-order valence-electron chi connectivity index (χ1n) is 10.3. The maximum absolute atomic E-state index is 14.2. The average molecular weight is 498 g/mol. The van der Waals surface area contributed by atoms with Gasteiger partial charge in [-0.25, -0.2) is 23.9 Å². The molecule has 0 spiro atoms. The fraction of sp³-hybridized carbons (Fsp3) is 0.174. The van der Waals surface area contributed by atoms with Crippen LogP contribution in [0, 0.1) is 5.82 Å². The molecule has 35 heavy (non-hydrogen) atoms. The monoisotopic (exact) mass is 498 g/mol. The standard InChI is InChI=1S/C23H19FN4O6S/c1-34-17-8-7-13(10-14(17)24)18-20(30)28(23(33)26-18)16(9-12-5-3-2-4-6-12)19(29)27-22-25-15(11-35-22)21(31)32/h2-8,10-11,16,18H,9H2,1H3,(H,26,33)(H,31,32)(H,25,27,29)/t16-,18+/m0/s1. The first-order chi connectivity index (χ1) is 16.8. The van der Waals surface area contributed by atoms with Crippen LogP contribution in [0.15, 0.2) is 53.9 Å². The number of nitrogens with one attached hydrogen (secondary N) is 2. The molecule has 0 aliphatic carbocycles. The molecule has 3 N–H and O–H groups in total. The number of halogens is 1. The number of methoxy groups -OCH3 is 1. The van der Waals surface area contributed by atoms with Crippen LogP contribution in [0.4, 0.5) is 14.3 Å². The molecule has 3 aromatic rings. The molecule has 1 aromatic heterocycles. The van der Waals surface area contributed by atoms with Gasteiger partial charge in [0, 0.05) is 11.8 Å². The fourth-order valence-corrected chi connectivity index (χ4v) is 4.32. The van der Waals surface area contributed by atoms with E-state index in [0.717, 1.165) is 22.3 Å². The molecule has 0 saturated carbocycles. The van der Waals surface area contributed by atoms with Crippen molar-refractivity contribution in [3.63, 3.8) is 0 Å². The number of ether oxygens (including phenoxy) is 1. The third kappa shape index (κ3) is 4.96. The van der Waals surface area contributed by atoms with Gasteiger partial charge in [0.15, 0.2) is 22.4 Å². The summed E-state index contributed by atoms with van der Waals surface area (Å²) in [6.45, 7) is 0. The Hall–Kier alpha value is -4.32. The SMILES string of the molecule is COc1ccc([C@H]2NC(=O)N([C@@H](Cc3ccccc3)C(=O)Nc3nc(C(=O)O)cs3)C2=O)cc1F. The number of carbonyl (C=O) groups excluding carboxylic acids is 3. The third-order valence-electron chi connectivity index (χ3n) is 5.32. The van der Waals surface area contributed by atoms with Crippen LogP contribution in [0.5, 0.6) is 5.75 Å². The van der Waals surface area contributed by atoms with Crippen LogP contribution >= 0.6 is 11.3 Å². The smallest absolute Gasteiger partial charge is 0.355 e. The summed E-state index contributed by atoms with van der Waals surface area (Å²) in [7, 11) is 1.30. The van der Waals surface area contributed by atoms with Gasteiger partial charge >= 0.3 is 12.0 Å². The lowest BCUT2D eigenvalue weighted by molar-refractivity contribution is -0.134. The second-order valence-corrected chi connectivity index (χ2v) is 8.38. The first-order valence-corrected chi connectivity index (χ1v) is 11.2. The lowest BCUT2D eigenvalue weighted by Gasteiger charge is -2.24. The molecule has 4 amide bonds. The van der Waals surface area contributed by atoms with Gasteiger partial charge in [-0.05, 0) is 23.3 Å². The van der Waals surface area contributed by atoms with E-state index in [1.165, 1.54) is 24.6 Å². The van der Waals surface area contributed by atoms with E-state index in [2.05, 4.69) is 15.6 Å². The molecule has 10 nitrogen and oxygen atoms in total. The molecule has 1 aliphatic heterocycles. The summed E-state index contributed by atoms with van der Waals surface area (Å²) in [6.07, 6.45) is -0.00725. The Balaban J connectivity index is 1.63. The molecular formula is C23H19FN4O6S. The maximum Gasteiger partial charge on any atom is 0.355 e. The van der Waals surface area contributed by atoms with Crippen molar-refractivity contribution in [1.82, 2.24) is 15.2 Å². The molecule has 2 atom stereocenters. The number of carbonyl (C=O) groups is 4. The highest BCUT2D eigenvalue weighted by Gasteiger charge is 2.45. The van der Waals surface area contributed by atoms with Crippen molar-refractivity contribution >= 4 is 40.3 Å². The van der Waals surface area contributed by atoms with E-state index in [9.17, 15) is 23.6 Å². The molecule has 1 saturated heterocycles. The molecule has 4 rings (SSSR count). The van der Waals surface area contributed by atoms with Gasteiger partial charge in [0.05, 0.1) is 7.11 Å². The first kappa shape index (κ1) is 23.8. The van der Waals surface area contributed by atoms with Crippen molar-refractivity contribution in [3.8, 4) is 5.75 Å². The number of thiazole rings is 1. The summed E-state index contributed by atoms with van der Waals surface area (Å²) < 4.78 is 19.1. The maximum atomic E-state index is 14.2. The van der Waals surface area contributed by atoms with Crippen LogP contribution in [0.1, 0.15) is 27.7 Å². The van der Waals surface area contributed by atoms with Crippen LogP contribution in [0.25, 0.3) is 0 Å². The van der Waals surface area contributed by atoms with Crippen LogP contribution in [-0.2, 0) is 16.0 Å². The summed E-state index contributed by atoms with van der Waals surface area (Å²) in [5.41, 5.74) is 0.619. The molecule has 180 valence electrons. The highest BCUT2D eigenvalue weighted by molar-refractivity contribution is 7.14.